The van der Waals surface area contributed by atoms with Crippen LogP contribution < -0.4 is 0 Å². The van der Waals surface area contributed by atoms with Crippen LogP contribution in [0.2, 0.25) is 0 Å². The van der Waals surface area contributed by atoms with E-state index in [1.807, 2.05) is 32.0 Å². The third kappa shape index (κ3) is 1.64. The molecule has 4 heteroatoms. The fourth-order valence-electron chi connectivity index (χ4n) is 4.99. The number of hydrogen-bond donors (Lipinski definition) is 0. The van der Waals surface area contributed by atoms with Crippen molar-refractivity contribution in [3.63, 3.8) is 0 Å². The first-order chi connectivity index (χ1) is 10.9. The quantitative estimate of drug-likeness (QED) is 0.590. The molecular formula is C19H21NO3. The number of Topliss-reactive ketones (excluding diaryl/α,β-unsaturated/α-hetero) is 2. The maximum absolute atomic E-state index is 13.3. The van der Waals surface area contributed by atoms with Crippen molar-refractivity contribution >= 4 is 17.5 Å². The lowest BCUT2D eigenvalue weighted by Crippen LogP contribution is -2.53. The molecule has 0 N–H and O–H groups in total. The Balaban J connectivity index is 1.70. The predicted octanol–water partition coefficient (Wildman–Crippen LogP) is 2.15. The number of nitrogens with zero attached hydrogens (tertiary/aromatic N) is 1. The number of carbonyl (C=O) groups excluding carboxylic acids is 3. The summed E-state index contributed by atoms with van der Waals surface area (Å²) in [4.78, 5) is 40.0. The summed E-state index contributed by atoms with van der Waals surface area (Å²) in [5.74, 6) is -1.18. The molecule has 1 amide bonds. The maximum atomic E-state index is 13.3. The van der Waals surface area contributed by atoms with Crippen LogP contribution in [0.5, 0.6) is 0 Å². The van der Waals surface area contributed by atoms with Gasteiger partial charge in [0.05, 0.1) is 0 Å². The average Bonchev–Trinajstić information content (AvgIpc) is 2.90. The Labute approximate surface area is 135 Å². The number of amides is 1. The van der Waals surface area contributed by atoms with Crippen molar-refractivity contribution in [2.24, 2.45) is 16.7 Å². The van der Waals surface area contributed by atoms with E-state index in [0.29, 0.717) is 25.9 Å². The molecule has 1 aromatic rings. The summed E-state index contributed by atoms with van der Waals surface area (Å²) in [6.45, 7) is 5.01. The standard InChI is InChI=1S/C19H21NO3/c1-18(2)14-7-9-19(18,16(22)15(14)21)17(23)20-10-8-12-5-3-4-6-13(12)11-20/h3-6,14H,7-11H2,1-2H3/t14-,19-/m1/s1. The zero-order chi connectivity index (χ0) is 16.4. The van der Waals surface area contributed by atoms with Gasteiger partial charge in [-0.3, -0.25) is 14.4 Å². The van der Waals surface area contributed by atoms with Crippen molar-refractivity contribution < 1.29 is 14.4 Å². The van der Waals surface area contributed by atoms with Crippen molar-refractivity contribution in [1.82, 2.24) is 4.90 Å². The lowest BCUT2D eigenvalue weighted by Gasteiger charge is -2.40. The summed E-state index contributed by atoms with van der Waals surface area (Å²) >= 11 is 0. The van der Waals surface area contributed by atoms with Gasteiger partial charge < -0.3 is 4.90 Å². The van der Waals surface area contributed by atoms with E-state index in [-0.39, 0.29) is 17.6 Å². The van der Waals surface area contributed by atoms with Crippen LogP contribution in [-0.2, 0) is 27.3 Å². The van der Waals surface area contributed by atoms with Crippen LogP contribution in [0.1, 0.15) is 37.8 Å². The predicted molar refractivity (Wildman–Crippen MR) is 84.5 cm³/mol. The van der Waals surface area contributed by atoms with Gasteiger partial charge in [0.25, 0.3) is 0 Å². The van der Waals surface area contributed by atoms with Crippen LogP contribution >= 0.6 is 0 Å². The minimum absolute atomic E-state index is 0.129. The van der Waals surface area contributed by atoms with Gasteiger partial charge in [0.15, 0.2) is 0 Å². The Morgan fingerprint density at radius 2 is 1.87 bits per heavy atom. The topological polar surface area (TPSA) is 54.5 Å². The van der Waals surface area contributed by atoms with Gasteiger partial charge in [0.1, 0.15) is 5.41 Å². The first kappa shape index (κ1) is 14.6. The molecular weight excluding hydrogens is 290 g/mol. The first-order valence-corrected chi connectivity index (χ1v) is 8.34. The van der Waals surface area contributed by atoms with Crippen molar-refractivity contribution in [3.8, 4) is 0 Å². The van der Waals surface area contributed by atoms with E-state index in [4.69, 9.17) is 0 Å². The van der Waals surface area contributed by atoms with E-state index in [1.54, 1.807) is 4.90 Å². The summed E-state index contributed by atoms with van der Waals surface area (Å²) in [7, 11) is 0. The number of hydrogen-bond acceptors (Lipinski definition) is 3. The van der Waals surface area contributed by atoms with Gasteiger partial charge in [-0.2, -0.15) is 0 Å². The molecule has 2 aliphatic carbocycles. The fourth-order valence-corrected chi connectivity index (χ4v) is 4.99. The van der Waals surface area contributed by atoms with Gasteiger partial charge in [-0.1, -0.05) is 38.1 Å². The molecule has 1 aromatic carbocycles. The molecule has 1 heterocycles. The zero-order valence-electron chi connectivity index (χ0n) is 13.6. The van der Waals surface area contributed by atoms with Gasteiger partial charge in [0, 0.05) is 19.0 Å². The summed E-state index contributed by atoms with van der Waals surface area (Å²) < 4.78 is 0. The highest BCUT2D eigenvalue weighted by Gasteiger charge is 2.73. The van der Waals surface area contributed by atoms with Gasteiger partial charge in [-0.05, 0) is 35.8 Å². The van der Waals surface area contributed by atoms with Crippen LogP contribution in [0.25, 0.3) is 0 Å². The lowest BCUT2D eigenvalue weighted by molar-refractivity contribution is -0.156. The largest absolute Gasteiger partial charge is 0.337 e. The van der Waals surface area contributed by atoms with E-state index < -0.39 is 16.6 Å². The molecule has 23 heavy (non-hydrogen) atoms. The van der Waals surface area contributed by atoms with Crippen LogP contribution in [-0.4, -0.2) is 28.9 Å². The van der Waals surface area contributed by atoms with E-state index in [0.717, 1.165) is 12.0 Å². The fraction of sp³-hybridized carbons (Fsp3) is 0.526. The smallest absolute Gasteiger partial charge is 0.237 e. The number of ketones is 2. The van der Waals surface area contributed by atoms with Crippen LogP contribution in [0.4, 0.5) is 0 Å². The Hall–Kier alpha value is -1.97. The average molecular weight is 311 g/mol. The molecule has 0 spiro atoms. The molecule has 4 rings (SSSR count). The Bertz CT molecular complexity index is 736. The molecule has 2 bridgehead atoms. The normalized spacial score (nSPS) is 31.4. The van der Waals surface area contributed by atoms with E-state index in [9.17, 15) is 14.4 Å². The van der Waals surface area contributed by atoms with Crippen LogP contribution in [0, 0.1) is 16.7 Å². The maximum Gasteiger partial charge on any atom is 0.237 e. The van der Waals surface area contributed by atoms with Crippen LogP contribution in [0.3, 0.4) is 0 Å². The number of carbonyl (C=O) groups is 3. The highest BCUT2D eigenvalue weighted by molar-refractivity contribution is 6.47. The van der Waals surface area contributed by atoms with E-state index >= 15 is 0 Å². The summed E-state index contributed by atoms with van der Waals surface area (Å²) in [6, 6.07) is 8.12. The monoisotopic (exact) mass is 311 g/mol. The highest BCUT2D eigenvalue weighted by Crippen LogP contribution is 2.63. The van der Waals surface area contributed by atoms with E-state index in [1.165, 1.54) is 5.56 Å². The Kier molecular flexibility index (Phi) is 2.88. The molecule has 0 saturated heterocycles. The second-order valence-corrected chi connectivity index (χ2v) is 7.66. The third-order valence-electron chi connectivity index (χ3n) is 6.49. The second kappa shape index (κ2) is 4.53. The summed E-state index contributed by atoms with van der Waals surface area (Å²) in [5.41, 5.74) is 0.732. The van der Waals surface area contributed by atoms with Crippen LogP contribution in [0.15, 0.2) is 24.3 Å². The van der Waals surface area contributed by atoms with Gasteiger partial charge in [0.2, 0.25) is 17.5 Å². The second-order valence-electron chi connectivity index (χ2n) is 7.66. The van der Waals surface area contributed by atoms with Gasteiger partial charge >= 0.3 is 0 Å². The highest BCUT2D eigenvalue weighted by atomic mass is 16.2. The SMILES string of the molecule is CC1(C)[C@@H]2CC[C@]1(C(=O)N1CCc3ccccc3C1)C(=O)C2=O. The molecule has 3 aliphatic rings. The number of benzene rings is 1. The number of fused-ring (bicyclic) bond motifs is 3. The van der Waals surface area contributed by atoms with Gasteiger partial charge in [-0.15, -0.1) is 0 Å². The third-order valence-corrected chi connectivity index (χ3v) is 6.49. The van der Waals surface area contributed by atoms with Crippen molar-refractivity contribution in [1.29, 1.82) is 0 Å². The molecule has 2 saturated carbocycles. The molecule has 1 aliphatic heterocycles. The molecule has 4 nitrogen and oxygen atoms in total. The van der Waals surface area contributed by atoms with Crippen molar-refractivity contribution in [3.05, 3.63) is 35.4 Å². The Morgan fingerprint density at radius 3 is 2.52 bits per heavy atom. The molecule has 2 fully saturated rings. The van der Waals surface area contributed by atoms with Crippen molar-refractivity contribution in [2.45, 2.75) is 39.7 Å². The van der Waals surface area contributed by atoms with Crippen molar-refractivity contribution in [2.75, 3.05) is 6.54 Å². The number of rotatable bonds is 1. The van der Waals surface area contributed by atoms with E-state index in [2.05, 4.69) is 6.07 Å². The summed E-state index contributed by atoms with van der Waals surface area (Å²) in [5, 5.41) is 0. The van der Waals surface area contributed by atoms with Gasteiger partial charge in [-0.25, -0.2) is 0 Å². The minimum Gasteiger partial charge on any atom is -0.337 e. The Morgan fingerprint density at radius 1 is 1.17 bits per heavy atom. The molecule has 2 atom stereocenters. The molecule has 0 radical (unpaired) electrons. The first-order valence-electron chi connectivity index (χ1n) is 8.34. The minimum atomic E-state index is -1.12. The lowest BCUT2D eigenvalue weighted by atomic mass is 9.67. The molecule has 0 aromatic heterocycles. The zero-order valence-corrected chi connectivity index (χ0v) is 13.6. The molecule has 120 valence electrons. The summed E-state index contributed by atoms with van der Waals surface area (Å²) in [6.07, 6.45) is 1.99. The molecule has 0 unspecified atom stereocenters.